The number of hydrogen-bond donors (Lipinski definition) is 3. The van der Waals surface area contributed by atoms with Crippen LogP contribution in [0.2, 0.25) is 0 Å². The SMILES string of the molecule is O=C(NCCN[C@H]1CCC[C@@H](C(F)(F)F)C1)c1ccn[nH]1. The molecule has 1 saturated carbocycles. The minimum Gasteiger partial charge on any atom is -0.349 e. The number of carbonyl (C=O) groups excluding carboxylic acids is 1. The van der Waals surface area contributed by atoms with Crippen LogP contribution in [0.3, 0.4) is 0 Å². The highest BCUT2D eigenvalue weighted by Gasteiger charge is 2.41. The zero-order valence-corrected chi connectivity index (χ0v) is 11.5. The van der Waals surface area contributed by atoms with Gasteiger partial charge in [-0.2, -0.15) is 18.3 Å². The lowest BCUT2D eigenvalue weighted by atomic mass is 9.85. The molecule has 8 heteroatoms. The molecule has 1 fully saturated rings. The monoisotopic (exact) mass is 304 g/mol. The molecule has 5 nitrogen and oxygen atoms in total. The number of aromatic nitrogens is 2. The molecule has 2 atom stereocenters. The molecule has 21 heavy (non-hydrogen) atoms. The first kappa shape index (κ1) is 15.8. The Bertz CT molecular complexity index is 447. The molecule has 0 unspecified atom stereocenters. The van der Waals surface area contributed by atoms with Crippen molar-refractivity contribution in [2.75, 3.05) is 13.1 Å². The molecule has 1 aromatic heterocycles. The van der Waals surface area contributed by atoms with Crippen LogP contribution in [0.1, 0.15) is 36.2 Å². The Hall–Kier alpha value is -1.57. The van der Waals surface area contributed by atoms with Gasteiger partial charge in [-0.25, -0.2) is 0 Å². The van der Waals surface area contributed by atoms with E-state index in [9.17, 15) is 18.0 Å². The van der Waals surface area contributed by atoms with E-state index in [1.165, 1.54) is 6.20 Å². The van der Waals surface area contributed by atoms with Gasteiger partial charge in [0.25, 0.3) is 5.91 Å². The number of amides is 1. The van der Waals surface area contributed by atoms with Gasteiger partial charge in [0.1, 0.15) is 5.69 Å². The molecule has 2 rings (SSSR count). The van der Waals surface area contributed by atoms with E-state index >= 15 is 0 Å². The van der Waals surface area contributed by atoms with Crippen LogP contribution in [-0.2, 0) is 0 Å². The van der Waals surface area contributed by atoms with Gasteiger partial charge >= 0.3 is 6.18 Å². The van der Waals surface area contributed by atoms with E-state index in [0.717, 1.165) is 6.42 Å². The van der Waals surface area contributed by atoms with Crippen molar-refractivity contribution >= 4 is 5.91 Å². The van der Waals surface area contributed by atoms with Gasteiger partial charge in [-0.15, -0.1) is 0 Å². The third-order valence-electron chi connectivity index (χ3n) is 3.73. The Morgan fingerprint density at radius 3 is 2.86 bits per heavy atom. The highest BCUT2D eigenvalue weighted by molar-refractivity contribution is 5.92. The van der Waals surface area contributed by atoms with Gasteiger partial charge < -0.3 is 10.6 Å². The van der Waals surface area contributed by atoms with Crippen LogP contribution in [0.15, 0.2) is 12.3 Å². The zero-order valence-electron chi connectivity index (χ0n) is 11.5. The normalized spacial score (nSPS) is 23.0. The summed E-state index contributed by atoms with van der Waals surface area (Å²) in [6.07, 6.45) is -0.943. The van der Waals surface area contributed by atoms with Crippen molar-refractivity contribution < 1.29 is 18.0 Å². The van der Waals surface area contributed by atoms with E-state index in [-0.39, 0.29) is 24.8 Å². The van der Waals surface area contributed by atoms with E-state index in [0.29, 0.717) is 25.2 Å². The number of carbonyl (C=O) groups is 1. The molecular weight excluding hydrogens is 285 g/mol. The van der Waals surface area contributed by atoms with E-state index in [4.69, 9.17) is 0 Å². The van der Waals surface area contributed by atoms with Gasteiger partial charge in [0.15, 0.2) is 0 Å². The number of nitrogens with one attached hydrogen (secondary N) is 3. The second kappa shape index (κ2) is 6.93. The molecule has 0 aromatic carbocycles. The highest BCUT2D eigenvalue weighted by atomic mass is 19.4. The summed E-state index contributed by atoms with van der Waals surface area (Å²) in [4.78, 5) is 11.6. The van der Waals surface area contributed by atoms with Gasteiger partial charge in [0.05, 0.1) is 5.92 Å². The molecule has 0 aliphatic heterocycles. The molecule has 1 amide bonds. The summed E-state index contributed by atoms with van der Waals surface area (Å²) >= 11 is 0. The van der Waals surface area contributed by atoms with Crippen molar-refractivity contribution in [3.05, 3.63) is 18.0 Å². The van der Waals surface area contributed by atoms with Crippen LogP contribution in [0.5, 0.6) is 0 Å². The number of aromatic amines is 1. The van der Waals surface area contributed by atoms with Gasteiger partial charge in [0, 0.05) is 25.3 Å². The van der Waals surface area contributed by atoms with Crippen LogP contribution in [0.25, 0.3) is 0 Å². The smallest absolute Gasteiger partial charge is 0.349 e. The molecule has 1 aromatic rings. The standard InChI is InChI=1S/C13H19F3N4O/c14-13(15,16)9-2-1-3-10(8-9)17-6-7-18-12(21)11-4-5-19-20-11/h4-5,9-10,17H,1-3,6-8H2,(H,18,21)(H,19,20)/t9-,10+/m1/s1. The fraction of sp³-hybridized carbons (Fsp3) is 0.692. The minimum atomic E-state index is -4.10. The molecule has 1 heterocycles. The maximum atomic E-state index is 12.7. The average Bonchev–Trinajstić information content (AvgIpc) is 2.97. The highest BCUT2D eigenvalue weighted by Crippen LogP contribution is 2.37. The Morgan fingerprint density at radius 1 is 1.38 bits per heavy atom. The number of halogens is 3. The minimum absolute atomic E-state index is 0.123. The van der Waals surface area contributed by atoms with Crippen LogP contribution in [0.4, 0.5) is 13.2 Å². The number of alkyl halides is 3. The lowest BCUT2D eigenvalue weighted by Gasteiger charge is -2.31. The second-order valence-corrected chi connectivity index (χ2v) is 5.28. The van der Waals surface area contributed by atoms with Crippen LogP contribution in [-0.4, -0.2) is 41.4 Å². The number of hydrogen-bond acceptors (Lipinski definition) is 3. The quantitative estimate of drug-likeness (QED) is 0.727. The molecular formula is C13H19F3N4O. The summed E-state index contributed by atoms with van der Waals surface area (Å²) in [6.45, 7) is 0.820. The Morgan fingerprint density at radius 2 is 2.19 bits per heavy atom. The van der Waals surface area contributed by atoms with Crippen molar-refractivity contribution in [3.8, 4) is 0 Å². The fourth-order valence-electron chi connectivity index (χ4n) is 2.60. The zero-order chi connectivity index (χ0) is 15.3. The molecule has 3 N–H and O–H groups in total. The lowest BCUT2D eigenvalue weighted by Crippen LogP contribution is -2.42. The molecule has 1 aliphatic carbocycles. The first-order chi connectivity index (χ1) is 9.97. The lowest BCUT2D eigenvalue weighted by molar-refractivity contribution is -0.183. The average molecular weight is 304 g/mol. The largest absolute Gasteiger partial charge is 0.391 e. The molecule has 0 saturated heterocycles. The molecule has 0 bridgehead atoms. The fourth-order valence-corrected chi connectivity index (χ4v) is 2.60. The topological polar surface area (TPSA) is 69.8 Å². The predicted molar refractivity (Wildman–Crippen MR) is 70.7 cm³/mol. The van der Waals surface area contributed by atoms with Crippen LogP contribution in [0, 0.1) is 5.92 Å². The summed E-state index contributed by atoms with van der Waals surface area (Å²) in [6, 6.07) is 1.42. The van der Waals surface area contributed by atoms with Crippen LogP contribution < -0.4 is 10.6 Å². The maximum Gasteiger partial charge on any atom is 0.391 e. The summed E-state index contributed by atoms with van der Waals surface area (Å²) < 4.78 is 38.0. The third kappa shape index (κ3) is 4.73. The van der Waals surface area contributed by atoms with E-state index in [1.54, 1.807) is 6.07 Å². The molecule has 0 spiro atoms. The van der Waals surface area contributed by atoms with Gasteiger partial charge in [0.2, 0.25) is 0 Å². The van der Waals surface area contributed by atoms with Crippen molar-refractivity contribution in [2.45, 2.75) is 37.9 Å². The first-order valence-corrected chi connectivity index (χ1v) is 7.04. The number of H-pyrrole nitrogens is 1. The van der Waals surface area contributed by atoms with Gasteiger partial charge in [-0.1, -0.05) is 6.42 Å². The summed E-state index contributed by atoms with van der Waals surface area (Å²) in [5.41, 5.74) is 0.366. The number of rotatable bonds is 5. The first-order valence-electron chi connectivity index (χ1n) is 7.04. The molecule has 1 aliphatic rings. The van der Waals surface area contributed by atoms with Gasteiger partial charge in [-0.05, 0) is 25.3 Å². The van der Waals surface area contributed by atoms with Crippen molar-refractivity contribution in [3.63, 3.8) is 0 Å². The summed E-state index contributed by atoms with van der Waals surface area (Å²) in [7, 11) is 0. The van der Waals surface area contributed by atoms with E-state index in [2.05, 4.69) is 20.8 Å². The Kier molecular flexibility index (Phi) is 5.22. The van der Waals surface area contributed by atoms with Crippen LogP contribution >= 0.6 is 0 Å². The Labute approximate surface area is 120 Å². The third-order valence-corrected chi connectivity index (χ3v) is 3.73. The maximum absolute atomic E-state index is 12.7. The van der Waals surface area contributed by atoms with Crippen molar-refractivity contribution in [1.82, 2.24) is 20.8 Å². The van der Waals surface area contributed by atoms with Crippen molar-refractivity contribution in [1.29, 1.82) is 0 Å². The Balaban J connectivity index is 1.65. The number of nitrogens with zero attached hydrogens (tertiary/aromatic N) is 1. The van der Waals surface area contributed by atoms with E-state index < -0.39 is 12.1 Å². The van der Waals surface area contributed by atoms with Gasteiger partial charge in [-0.3, -0.25) is 9.89 Å². The molecule has 0 radical (unpaired) electrons. The summed E-state index contributed by atoms with van der Waals surface area (Å²) in [5.74, 6) is -1.48. The second-order valence-electron chi connectivity index (χ2n) is 5.28. The summed E-state index contributed by atoms with van der Waals surface area (Å²) in [5, 5.41) is 12.0. The van der Waals surface area contributed by atoms with E-state index in [1.807, 2.05) is 0 Å². The molecule has 118 valence electrons. The van der Waals surface area contributed by atoms with Crippen molar-refractivity contribution in [2.24, 2.45) is 5.92 Å². The predicted octanol–water partition coefficient (Wildman–Crippen LogP) is 1.85.